The number of aromatic nitrogens is 2. The molecule has 1 unspecified atom stereocenters. The summed E-state index contributed by atoms with van der Waals surface area (Å²) in [6.45, 7) is 2.62. The minimum atomic E-state index is -0.498. The Hall–Kier alpha value is -1.85. The molecule has 4 rings (SSSR count). The van der Waals surface area contributed by atoms with E-state index in [4.69, 9.17) is 17.3 Å². The van der Waals surface area contributed by atoms with Gasteiger partial charge in [-0.3, -0.25) is 4.79 Å². The number of imidazole rings is 1. The highest BCUT2D eigenvalue weighted by Gasteiger charge is 2.43. The van der Waals surface area contributed by atoms with Crippen molar-refractivity contribution < 1.29 is 4.79 Å². The topological polar surface area (TPSA) is 64.2 Å². The van der Waals surface area contributed by atoms with Gasteiger partial charge in [0.15, 0.2) is 0 Å². The Morgan fingerprint density at radius 1 is 1.17 bits per heavy atom. The third kappa shape index (κ3) is 4.89. The molecule has 6 heteroatoms. The number of hydrogen-bond acceptors (Lipinski definition) is 3. The van der Waals surface area contributed by atoms with Gasteiger partial charge in [-0.25, -0.2) is 4.98 Å². The van der Waals surface area contributed by atoms with Crippen LogP contribution in [0.2, 0.25) is 5.02 Å². The Labute approximate surface area is 184 Å². The number of carbonyl (C=O) groups is 1. The lowest BCUT2D eigenvalue weighted by molar-refractivity contribution is -0.136. The Bertz CT molecular complexity index is 806. The fourth-order valence-electron chi connectivity index (χ4n) is 5.52. The summed E-state index contributed by atoms with van der Waals surface area (Å²) in [5.74, 6) is 0.818. The van der Waals surface area contributed by atoms with Crippen molar-refractivity contribution in [3.8, 4) is 0 Å². The quantitative estimate of drug-likeness (QED) is 0.746. The van der Waals surface area contributed by atoms with Gasteiger partial charge in [0, 0.05) is 37.1 Å². The Balaban J connectivity index is 1.40. The number of rotatable bonds is 6. The van der Waals surface area contributed by atoms with Crippen molar-refractivity contribution >= 4 is 17.5 Å². The SMILES string of the molecule is NC(Cc1ccc(Cl)cc1)C(=O)N1CCC(Cn2ccnc2)(C2CCCCC2)CC1. The second-order valence-electron chi connectivity index (χ2n) is 9.19. The lowest BCUT2D eigenvalue weighted by Crippen LogP contribution is -2.52. The van der Waals surface area contributed by atoms with E-state index in [1.54, 1.807) is 0 Å². The summed E-state index contributed by atoms with van der Waals surface area (Å²) in [4.78, 5) is 19.3. The van der Waals surface area contributed by atoms with E-state index in [0.29, 0.717) is 11.4 Å². The average Bonchev–Trinajstić information content (AvgIpc) is 3.29. The highest BCUT2D eigenvalue weighted by molar-refractivity contribution is 6.30. The monoisotopic (exact) mass is 428 g/mol. The Morgan fingerprint density at radius 3 is 2.50 bits per heavy atom. The molecular weight excluding hydrogens is 396 g/mol. The van der Waals surface area contributed by atoms with Crippen LogP contribution in [-0.4, -0.2) is 39.5 Å². The van der Waals surface area contributed by atoms with E-state index in [2.05, 4.69) is 15.7 Å². The van der Waals surface area contributed by atoms with Gasteiger partial charge in [-0.1, -0.05) is 43.0 Å². The number of carbonyl (C=O) groups excluding carboxylic acids is 1. The molecule has 1 saturated heterocycles. The van der Waals surface area contributed by atoms with Crippen molar-refractivity contribution in [3.63, 3.8) is 0 Å². The Kier molecular flexibility index (Phi) is 6.79. The van der Waals surface area contributed by atoms with Gasteiger partial charge in [0.1, 0.15) is 0 Å². The molecule has 1 amide bonds. The first-order chi connectivity index (χ1) is 14.6. The molecule has 30 heavy (non-hydrogen) atoms. The molecule has 5 nitrogen and oxygen atoms in total. The molecule has 2 heterocycles. The summed E-state index contributed by atoms with van der Waals surface area (Å²) in [6.07, 6.45) is 15.2. The number of likely N-dealkylation sites (tertiary alicyclic amines) is 1. The van der Waals surface area contributed by atoms with E-state index in [1.165, 1.54) is 32.1 Å². The number of nitrogens with zero attached hydrogens (tertiary/aromatic N) is 3. The second kappa shape index (κ2) is 9.52. The predicted octanol–water partition coefficient (Wildman–Crippen LogP) is 4.30. The molecule has 0 spiro atoms. The van der Waals surface area contributed by atoms with E-state index < -0.39 is 6.04 Å². The fourth-order valence-corrected chi connectivity index (χ4v) is 5.65. The molecular formula is C24H33ClN4O. The molecule has 2 aromatic rings. The van der Waals surface area contributed by atoms with Gasteiger partial charge in [0.05, 0.1) is 12.4 Å². The summed E-state index contributed by atoms with van der Waals surface area (Å²) < 4.78 is 2.23. The van der Waals surface area contributed by atoms with E-state index in [9.17, 15) is 4.79 Å². The lowest BCUT2D eigenvalue weighted by atomic mass is 9.63. The van der Waals surface area contributed by atoms with Gasteiger partial charge in [-0.15, -0.1) is 0 Å². The summed E-state index contributed by atoms with van der Waals surface area (Å²) in [5, 5.41) is 0.701. The van der Waals surface area contributed by atoms with Crippen molar-refractivity contribution in [2.45, 2.75) is 64.0 Å². The van der Waals surface area contributed by atoms with Crippen LogP contribution in [-0.2, 0) is 17.8 Å². The molecule has 1 aliphatic heterocycles. The number of benzene rings is 1. The van der Waals surface area contributed by atoms with E-state index in [-0.39, 0.29) is 11.3 Å². The van der Waals surface area contributed by atoms with Gasteiger partial charge in [0.2, 0.25) is 5.91 Å². The average molecular weight is 429 g/mol. The van der Waals surface area contributed by atoms with Crippen molar-refractivity contribution in [2.24, 2.45) is 17.1 Å². The van der Waals surface area contributed by atoms with Crippen LogP contribution in [0.4, 0.5) is 0 Å². The number of amides is 1. The lowest BCUT2D eigenvalue weighted by Gasteiger charge is -2.48. The molecule has 1 aromatic carbocycles. The number of piperidine rings is 1. The van der Waals surface area contributed by atoms with Gasteiger partial charge in [-0.2, -0.15) is 0 Å². The van der Waals surface area contributed by atoms with Crippen LogP contribution in [0.3, 0.4) is 0 Å². The van der Waals surface area contributed by atoms with Gasteiger partial charge in [-0.05, 0) is 61.1 Å². The van der Waals surface area contributed by atoms with E-state index in [0.717, 1.165) is 44.0 Å². The van der Waals surface area contributed by atoms with Gasteiger partial charge in [0.25, 0.3) is 0 Å². The van der Waals surface area contributed by atoms with Crippen molar-refractivity contribution in [2.75, 3.05) is 13.1 Å². The molecule has 2 fully saturated rings. The largest absolute Gasteiger partial charge is 0.341 e. The summed E-state index contributed by atoms with van der Waals surface area (Å²) in [5.41, 5.74) is 7.61. The van der Waals surface area contributed by atoms with Crippen LogP contribution < -0.4 is 5.73 Å². The fraction of sp³-hybridized carbons (Fsp3) is 0.583. The van der Waals surface area contributed by atoms with Crippen LogP contribution in [0.5, 0.6) is 0 Å². The zero-order chi connectivity index (χ0) is 21.0. The third-order valence-electron chi connectivity index (χ3n) is 7.28. The maximum atomic E-state index is 13.0. The van der Waals surface area contributed by atoms with Crippen LogP contribution >= 0.6 is 11.6 Å². The number of hydrogen-bond donors (Lipinski definition) is 1. The first-order valence-electron chi connectivity index (χ1n) is 11.3. The van der Waals surface area contributed by atoms with Crippen molar-refractivity contribution in [1.29, 1.82) is 0 Å². The minimum absolute atomic E-state index is 0.0739. The molecule has 1 aromatic heterocycles. The highest BCUT2D eigenvalue weighted by atomic mass is 35.5. The minimum Gasteiger partial charge on any atom is -0.341 e. The predicted molar refractivity (Wildman–Crippen MR) is 120 cm³/mol. The molecule has 162 valence electrons. The molecule has 1 atom stereocenters. The molecule has 0 bridgehead atoms. The first kappa shape index (κ1) is 21.4. The van der Waals surface area contributed by atoms with E-state index in [1.807, 2.05) is 41.7 Å². The van der Waals surface area contributed by atoms with Crippen molar-refractivity contribution in [1.82, 2.24) is 14.5 Å². The van der Waals surface area contributed by atoms with Crippen LogP contribution in [0.25, 0.3) is 0 Å². The molecule has 1 saturated carbocycles. The van der Waals surface area contributed by atoms with Gasteiger partial charge < -0.3 is 15.2 Å². The molecule has 0 radical (unpaired) electrons. The number of nitrogens with two attached hydrogens (primary N) is 1. The molecule has 2 N–H and O–H groups in total. The normalized spacial score (nSPS) is 20.8. The zero-order valence-electron chi connectivity index (χ0n) is 17.7. The van der Waals surface area contributed by atoms with Crippen molar-refractivity contribution in [3.05, 3.63) is 53.6 Å². The summed E-state index contributed by atoms with van der Waals surface area (Å²) in [7, 11) is 0. The van der Waals surface area contributed by atoms with Crippen LogP contribution in [0, 0.1) is 11.3 Å². The number of halogens is 1. The van der Waals surface area contributed by atoms with Gasteiger partial charge >= 0.3 is 0 Å². The van der Waals surface area contributed by atoms with Crippen LogP contribution in [0.1, 0.15) is 50.5 Å². The second-order valence-corrected chi connectivity index (χ2v) is 9.63. The summed E-state index contributed by atoms with van der Waals surface area (Å²) in [6, 6.07) is 7.10. The zero-order valence-corrected chi connectivity index (χ0v) is 18.4. The van der Waals surface area contributed by atoms with Crippen LogP contribution in [0.15, 0.2) is 43.0 Å². The Morgan fingerprint density at radius 2 is 1.87 bits per heavy atom. The first-order valence-corrected chi connectivity index (χ1v) is 11.7. The standard InChI is InChI=1S/C24H33ClN4O/c25-21-8-6-19(7-9-21)16-22(26)23(30)29-13-10-24(11-14-29,17-28-15-12-27-18-28)20-4-2-1-3-5-20/h6-9,12,15,18,20,22H,1-5,10-11,13-14,16-17,26H2. The van der Waals surface area contributed by atoms with E-state index >= 15 is 0 Å². The summed E-state index contributed by atoms with van der Waals surface area (Å²) >= 11 is 5.96. The highest BCUT2D eigenvalue weighted by Crippen LogP contribution is 2.47. The maximum Gasteiger partial charge on any atom is 0.239 e. The third-order valence-corrected chi connectivity index (χ3v) is 7.54. The molecule has 1 aliphatic carbocycles. The molecule has 2 aliphatic rings. The smallest absolute Gasteiger partial charge is 0.239 e. The maximum absolute atomic E-state index is 13.0.